The first kappa shape index (κ1) is 21.2. The van der Waals surface area contributed by atoms with Gasteiger partial charge in [0.1, 0.15) is 0 Å². The summed E-state index contributed by atoms with van der Waals surface area (Å²) in [7, 11) is 1.94. The second kappa shape index (κ2) is 8.34. The number of benzene rings is 1. The van der Waals surface area contributed by atoms with Crippen LogP contribution in [0.25, 0.3) is 5.57 Å². The third-order valence-electron chi connectivity index (χ3n) is 7.67. The number of hydrogen-bond acceptors (Lipinski definition) is 4. The van der Waals surface area contributed by atoms with Gasteiger partial charge in [-0.3, -0.25) is 14.5 Å². The SMILES string of the molecule is C[C@@H](NC(=O)[C@H]1[C@H](CO)[C@H]2Cn3c(ccc(C4=CCCC4)c3=O)[C@H]2N1C)c1ccccc1. The van der Waals surface area contributed by atoms with Gasteiger partial charge in [-0.1, -0.05) is 36.4 Å². The smallest absolute Gasteiger partial charge is 0.258 e. The highest BCUT2D eigenvalue weighted by Gasteiger charge is 2.54. The Bertz CT molecular complexity index is 1110. The Morgan fingerprint density at radius 2 is 2.00 bits per heavy atom. The average molecular weight is 434 g/mol. The van der Waals surface area contributed by atoms with E-state index >= 15 is 0 Å². The number of aliphatic hydroxyl groups is 1. The molecule has 3 heterocycles. The van der Waals surface area contributed by atoms with Crippen molar-refractivity contribution < 1.29 is 9.90 Å². The first-order chi connectivity index (χ1) is 15.5. The van der Waals surface area contributed by atoms with Crippen molar-refractivity contribution in [2.45, 2.75) is 50.9 Å². The molecule has 2 aliphatic heterocycles. The minimum atomic E-state index is -0.428. The number of aliphatic hydroxyl groups excluding tert-OH is 1. The van der Waals surface area contributed by atoms with Gasteiger partial charge in [0.15, 0.2) is 0 Å². The highest BCUT2D eigenvalue weighted by molar-refractivity contribution is 5.83. The van der Waals surface area contributed by atoms with Crippen molar-refractivity contribution in [3.05, 3.63) is 75.7 Å². The fourth-order valence-electron chi connectivity index (χ4n) is 6.06. The van der Waals surface area contributed by atoms with Crippen molar-refractivity contribution >= 4 is 11.5 Å². The van der Waals surface area contributed by atoms with Crippen molar-refractivity contribution in [1.82, 2.24) is 14.8 Å². The van der Waals surface area contributed by atoms with Gasteiger partial charge in [0.05, 0.1) is 18.1 Å². The maximum atomic E-state index is 13.3. The van der Waals surface area contributed by atoms with Crippen LogP contribution in [0.1, 0.15) is 55.1 Å². The number of nitrogens with one attached hydrogen (secondary N) is 1. The van der Waals surface area contributed by atoms with Gasteiger partial charge in [-0.15, -0.1) is 0 Å². The fourth-order valence-corrected chi connectivity index (χ4v) is 6.06. The second-order valence-corrected chi connectivity index (χ2v) is 9.42. The number of likely N-dealkylation sites (tertiary alicyclic amines) is 1. The van der Waals surface area contributed by atoms with Gasteiger partial charge in [0, 0.05) is 36.2 Å². The number of rotatable bonds is 5. The third-order valence-corrected chi connectivity index (χ3v) is 7.67. The van der Waals surface area contributed by atoms with Crippen LogP contribution in [0.4, 0.5) is 0 Å². The van der Waals surface area contributed by atoms with Crippen molar-refractivity contribution in [3.8, 4) is 0 Å². The fraction of sp³-hybridized carbons (Fsp3) is 0.462. The van der Waals surface area contributed by atoms with Gasteiger partial charge in [-0.25, -0.2) is 0 Å². The number of amides is 1. The molecule has 0 radical (unpaired) electrons. The summed E-state index contributed by atoms with van der Waals surface area (Å²) in [5, 5.41) is 13.4. The molecule has 0 saturated carbocycles. The number of likely N-dealkylation sites (N-methyl/N-ethyl adjacent to an activating group) is 1. The molecule has 1 aromatic heterocycles. The van der Waals surface area contributed by atoms with E-state index in [9.17, 15) is 14.7 Å². The van der Waals surface area contributed by atoms with Crippen molar-refractivity contribution in [2.75, 3.05) is 13.7 Å². The van der Waals surface area contributed by atoms with E-state index in [1.54, 1.807) is 0 Å². The van der Waals surface area contributed by atoms with E-state index in [2.05, 4.69) is 22.4 Å². The maximum Gasteiger partial charge on any atom is 0.258 e. The van der Waals surface area contributed by atoms with Crippen molar-refractivity contribution in [3.63, 3.8) is 0 Å². The first-order valence-corrected chi connectivity index (χ1v) is 11.6. The Morgan fingerprint density at radius 3 is 2.69 bits per heavy atom. The number of allylic oxidation sites excluding steroid dienone is 2. The van der Waals surface area contributed by atoms with Gasteiger partial charge in [-0.2, -0.15) is 0 Å². The lowest BCUT2D eigenvalue weighted by atomic mass is 9.88. The lowest BCUT2D eigenvalue weighted by Crippen LogP contribution is -2.47. The number of pyridine rings is 1. The number of fused-ring (bicyclic) bond motifs is 3. The standard InChI is InChI=1S/C26H31N3O3/c1-16(17-8-4-3-5-9-17)27-25(31)24-21(15-30)20-14-29-22(23(20)28(24)2)13-12-19(26(29)32)18-10-6-7-11-18/h3-5,8-10,12-13,16,20-21,23-24,30H,6-7,11,14-15H2,1-2H3,(H,27,31)/t16-,20-,21-,23+,24-/m1/s1. The molecule has 1 saturated heterocycles. The normalized spacial score (nSPS) is 27.7. The van der Waals surface area contributed by atoms with Gasteiger partial charge >= 0.3 is 0 Å². The Hall–Kier alpha value is -2.70. The molecule has 5 rings (SSSR count). The Balaban J connectivity index is 1.41. The van der Waals surface area contributed by atoms with E-state index in [0.717, 1.165) is 41.7 Å². The number of nitrogens with zero attached hydrogens (tertiary/aromatic N) is 2. The number of hydrogen-bond donors (Lipinski definition) is 2. The maximum absolute atomic E-state index is 13.3. The molecule has 0 bridgehead atoms. The van der Waals surface area contributed by atoms with Crippen molar-refractivity contribution in [1.29, 1.82) is 0 Å². The minimum absolute atomic E-state index is 0.0355. The topological polar surface area (TPSA) is 74.6 Å². The zero-order valence-electron chi connectivity index (χ0n) is 18.7. The Labute approximate surface area is 188 Å². The van der Waals surface area contributed by atoms with E-state index in [4.69, 9.17) is 0 Å². The zero-order valence-corrected chi connectivity index (χ0v) is 18.7. The van der Waals surface area contributed by atoms with Gasteiger partial charge in [0.25, 0.3) is 5.56 Å². The summed E-state index contributed by atoms with van der Waals surface area (Å²) in [5.41, 5.74) is 4.03. The third kappa shape index (κ3) is 3.33. The van der Waals surface area contributed by atoms with Crippen LogP contribution in [0.15, 0.2) is 53.3 Å². The van der Waals surface area contributed by atoms with Crippen LogP contribution in [-0.4, -0.2) is 40.2 Å². The number of carbonyl (C=O) groups excluding carboxylic acids is 1. The average Bonchev–Trinajstić information content (AvgIpc) is 3.51. The summed E-state index contributed by atoms with van der Waals surface area (Å²) < 4.78 is 1.88. The molecule has 32 heavy (non-hydrogen) atoms. The molecule has 0 unspecified atom stereocenters. The summed E-state index contributed by atoms with van der Waals surface area (Å²) in [6.45, 7) is 2.45. The van der Waals surface area contributed by atoms with E-state index < -0.39 is 6.04 Å². The van der Waals surface area contributed by atoms with E-state index in [-0.39, 0.29) is 42.0 Å². The highest BCUT2D eigenvalue weighted by Crippen LogP contribution is 2.48. The molecule has 1 aromatic carbocycles. The first-order valence-electron chi connectivity index (χ1n) is 11.6. The summed E-state index contributed by atoms with van der Waals surface area (Å²) in [5.74, 6) is -0.256. The quantitative estimate of drug-likeness (QED) is 0.761. The summed E-state index contributed by atoms with van der Waals surface area (Å²) in [6.07, 6.45) is 5.28. The van der Waals surface area contributed by atoms with Gasteiger partial charge < -0.3 is 15.0 Å². The summed E-state index contributed by atoms with van der Waals surface area (Å²) >= 11 is 0. The molecule has 2 aromatic rings. The second-order valence-electron chi connectivity index (χ2n) is 9.42. The molecule has 3 aliphatic rings. The molecule has 6 nitrogen and oxygen atoms in total. The van der Waals surface area contributed by atoms with Crippen LogP contribution in [0, 0.1) is 11.8 Å². The van der Waals surface area contributed by atoms with Crippen LogP contribution < -0.4 is 10.9 Å². The van der Waals surface area contributed by atoms with Gasteiger partial charge in [-0.05, 0) is 56.5 Å². The minimum Gasteiger partial charge on any atom is -0.396 e. The van der Waals surface area contributed by atoms with Crippen LogP contribution >= 0.6 is 0 Å². The number of aromatic nitrogens is 1. The molecule has 0 spiro atoms. The molecular weight excluding hydrogens is 402 g/mol. The lowest BCUT2D eigenvalue weighted by Gasteiger charge is -2.28. The van der Waals surface area contributed by atoms with E-state index in [0.29, 0.717) is 6.54 Å². The lowest BCUT2D eigenvalue weighted by molar-refractivity contribution is -0.127. The highest BCUT2D eigenvalue weighted by atomic mass is 16.3. The predicted octanol–water partition coefficient (Wildman–Crippen LogP) is 2.89. The predicted molar refractivity (Wildman–Crippen MR) is 124 cm³/mol. The van der Waals surface area contributed by atoms with E-state index in [1.165, 1.54) is 0 Å². The van der Waals surface area contributed by atoms with E-state index in [1.807, 2.05) is 54.9 Å². The van der Waals surface area contributed by atoms with Crippen LogP contribution in [0.5, 0.6) is 0 Å². The molecular formula is C26H31N3O3. The molecule has 5 atom stereocenters. The Kier molecular flexibility index (Phi) is 5.51. The monoisotopic (exact) mass is 433 g/mol. The summed E-state index contributed by atoms with van der Waals surface area (Å²) in [4.78, 5) is 28.6. The van der Waals surface area contributed by atoms with Gasteiger partial charge in [0.2, 0.25) is 5.91 Å². The van der Waals surface area contributed by atoms with Crippen LogP contribution in [0.3, 0.4) is 0 Å². The zero-order chi connectivity index (χ0) is 22.4. The molecule has 168 valence electrons. The Morgan fingerprint density at radius 1 is 1.22 bits per heavy atom. The number of carbonyl (C=O) groups is 1. The molecule has 1 fully saturated rings. The molecule has 6 heteroatoms. The molecule has 1 aliphatic carbocycles. The van der Waals surface area contributed by atoms with Crippen molar-refractivity contribution in [2.24, 2.45) is 11.8 Å². The molecule has 2 N–H and O–H groups in total. The van der Waals surface area contributed by atoms with Crippen LogP contribution in [0.2, 0.25) is 0 Å². The summed E-state index contributed by atoms with van der Waals surface area (Å²) in [6, 6.07) is 13.3. The van der Waals surface area contributed by atoms with Crippen LogP contribution in [-0.2, 0) is 11.3 Å². The molecule has 1 amide bonds. The largest absolute Gasteiger partial charge is 0.396 e.